The third kappa shape index (κ3) is 40.0. The van der Waals surface area contributed by atoms with Crippen molar-refractivity contribution in [1.29, 1.82) is 0 Å². The summed E-state index contributed by atoms with van der Waals surface area (Å²) in [6.07, 6.45) is 60.6. The predicted molar refractivity (Wildman–Crippen MR) is 350 cm³/mol. The summed E-state index contributed by atoms with van der Waals surface area (Å²) in [5, 5.41) is 87.4. The van der Waals surface area contributed by atoms with Crippen LogP contribution in [-0.4, -0.2) is 140 Å². The van der Waals surface area contributed by atoms with Crippen LogP contribution in [0, 0.1) is 0 Å². The number of rotatable bonds is 56. The van der Waals surface area contributed by atoms with Gasteiger partial charge in [-0.3, -0.25) is 4.79 Å². The van der Waals surface area contributed by atoms with E-state index in [4.69, 9.17) is 18.9 Å². The molecule has 0 aromatic heterocycles. The molecule has 0 spiro atoms. The molecule has 2 aliphatic heterocycles. The molecule has 14 nitrogen and oxygen atoms in total. The third-order valence-corrected chi connectivity index (χ3v) is 16.6. The van der Waals surface area contributed by atoms with Crippen LogP contribution in [0.3, 0.4) is 0 Å². The number of ether oxygens (including phenoxy) is 4. The van der Waals surface area contributed by atoms with Crippen LogP contribution in [0.4, 0.5) is 0 Å². The molecule has 0 radical (unpaired) electrons. The first-order chi connectivity index (χ1) is 42.1. The normalized spacial score (nSPS) is 23.9. The van der Waals surface area contributed by atoms with E-state index < -0.39 is 86.8 Å². The molecule has 2 fully saturated rings. The fourth-order valence-corrected chi connectivity index (χ4v) is 11.1. The molecule has 2 aliphatic rings. The summed E-state index contributed by atoms with van der Waals surface area (Å²) < 4.78 is 22.8. The molecule has 12 unspecified atom stereocenters. The van der Waals surface area contributed by atoms with Crippen molar-refractivity contribution in [1.82, 2.24) is 5.32 Å². The van der Waals surface area contributed by atoms with Gasteiger partial charge in [0.05, 0.1) is 32.0 Å². The first kappa shape index (κ1) is 79.3. The van der Waals surface area contributed by atoms with Gasteiger partial charge >= 0.3 is 0 Å². The molecule has 1 amide bonds. The number of amides is 1. The topological polar surface area (TPSA) is 228 Å². The number of hydrogen-bond acceptors (Lipinski definition) is 13. The van der Waals surface area contributed by atoms with E-state index in [2.05, 4.69) is 92.1 Å². The number of unbranched alkanes of at least 4 members (excludes halogenated alkanes) is 31. The molecular formula is C72H127NO13. The van der Waals surface area contributed by atoms with Gasteiger partial charge in [0.1, 0.15) is 48.8 Å². The minimum atomic E-state index is -1.79. The second kappa shape index (κ2) is 56.2. The quantitative estimate of drug-likeness (QED) is 0.0204. The highest BCUT2D eigenvalue weighted by molar-refractivity contribution is 5.76. The van der Waals surface area contributed by atoms with Gasteiger partial charge in [0.2, 0.25) is 5.91 Å². The Bertz CT molecular complexity index is 1770. The zero-order valence-corrected chi connectivity index (χ0v) is 54.0. The fraction of sp³-hybridized carbons (Fsp3) is 0.792. The lowest BCUT2D eigenvalue weighted by Gasteiger charge is -2.46. The largest absolute Gasteiger partial charge is 0.394 e. The average Bonchev–Trinajstić information content (AvgIpc) is 2.46. The van der Waals surface area contributed by atoms with E-state index in [0.29, 0.717) is 6.42 Å². The van der Waals surface area contributed by atoms with Gasteiger partial charge in [0.25, 0.3) is 0 Å². The van der Waals surface area contributed by atoms with E-state index in [1.807, 2.05) is 6.08 Å². The summed E-state index contributed by atoms with van der Waals surface area (Å²) >= 11 is 0. The molecule has 14 heteroatoms. The number of aliphatic hydroxyl groups excluding tert-OH is 8. The maximum atomic E-state index is 13.3. The summed E-state index contributed by atoms with van der Waals surface area (Å²) in [6.45, 7) is 2.70. The van der Waals surface area contributed by atoms with Crippen LogP contribution in [0.1, 0.15) is 271 Å². The molecule has 2 heterocycles. The summed E-state index contributed by atoms with van der Waals surface area (Å²) in [5.74, 6) is -0.239. The van der Waals surface area contributed by atoms with Gasteiger partial charge in [0, 0.05) is 6.42 Å². The van der Waals surface area contributed by atoms with Crippen molar-refractivity contribution in [3.8, 4) is 0 Å². The van der Waals surface area contributed by atoms with Crippen LogP contribution in [0.5, 0.6) is 0 Å². The summed E-state index contributed by atoms with van der Waals surface area (Å²) in [4.78, 5) is 13.3. The standard InChI is InChI=1S/C72H127NO13/c1-3-5-7-9-11-13-15-17-19-21-22-23-24-25-26-27-28-29-30-31-32-33-34-35-36-37-38-40-42-44-46-48-50-52-54-56-64(77)73-60(61(76)55-53-51-49-47-45-43-41-39-20-18-16-14-12-10-8-6-4-2)59-83-71-69(82)67(80)70(63(58-75)85-71)86-72-68(81)66(79)65(78)62(57-74)84-72/h5,7,11,13,17,19,22-23,25-26,28-29,53,55,60-63,65-72,74-76,78-82H,3-4,6,8-10,12,14-16,18,20-21,24,27,30-52,54,56-59H2,1-2H3,(H,73,77)/b7-5-,13-11-,19-17-,23-22-,26-25-,29-28-,55-53+. The SMILES string of the molecule is CC/C=C\C/C=C\C/C=C\C/C=C\C/C=C\C/C=C\CCCCCCCCCCCCCCCCCCC(=O)NC(COC1OC(CO)C(OC2OC(CO)C(O)C(O)C2O)C(O)C1O)C(O)/C=C/CCCCCCCCCCCCCCCCC. The van der Waals surface area contributed by atoms with Gasteiger partial charge in [-0.2, -0.15) is 0 Å². The van der Waals surface area contributed by atoms with Gasteiger partial charge in [-0.1, -0.05) is 279 Å². The van der Waals surface area contributed by atoms with E-state index in [1.54, 1.807) is 6.08 Å². The first-order valence-corrected chi connectivity index (χ1v) is 34.8. The molecule has 0 aromatic rings. The van der Waals surface area contributed by atoms with E-state index in [9.17, 15) is 45.6 Å². The Kier molecular flexibility index (Phi) is 51.8. The maximum Gasteiger partial charge on any atom is 0.220 e. The van der Waals surface area contributed by atoms with Crippen LogP contribution in [0.25, 0.3) is 0 Å². The third-order valence-electron chi connectivity index (χ3n) is 16.6. The smallest absolute Gasteiger partial charge is 0.220 e. The van der Waals surface area contributed by atoms with Crippen molar-refractivity contribution in [2.45, 2.75) is 344 Å². The van der Waals surface area contributed by atoms with Crippen molar-refractivity contribution in [2.24, 2.45) is 0 Å². The van der Waals surface area contributed by atoms with Crippen LogP contribution >= 0.6 is 0 Å². The molecule has 0 aromatic carbocycles. The summed E-state index contributed by atoms with van der Waals surface area (Å²) in [7, 11) is 0. The Morgan fingerprint density at radius 2 is 0.802 bits per heavy atom. The molecule has 0 saturated carbocycles. The lowest BCUT2D eigenvalue weighted by Crippen LogP contribution is -2.65. The highest BCUT2D eigenvalue weighted by atomic mass is 16.7. The predicted octanol–water partition coefficient (Wildman–Crippen LogP) is 14.0. The van der Waals surface area contributed by atoms with Crippen molar-refractivity contribution in [3.63, 3.8) is 0 Å². The Morgan fingerprint density at radius 3 is 1.23 bits per heavy atom. The van der Waals surface area contributed by atoms with Gasteiger partial charge < -0.3 is 65.1 Å². The maximum absolute atomic E-state index is 13.3. The van der Waals surface area contributed by atoms with E-state index in [0.717, 1.165) is 77.0 Å². The molecule has 0 bridgehead atoms. The van der Waals surface area contributed by atoms with Crippen LogP contribution in [0.15, 0.2) is 85.1 Å². The van der Waals surface area contributed by atoms with Crippen molar-refractivity contribution < 1.29 is 64.6 Å². The molecule has 0 aliphatic carbocycles. The zero-order valence-electron chi connectivity index (χ0n) is 54.0. The second-order valence-electron chi connectivity index (χ2n) is 24.3. The molecule has 498 valence electrons. The van der Waals surface area contributed by atoms with Crippen LogP contribution in [-0.2, 0) is 23.7 Å². The minimum absolute atomic E-state index is 0.239. The number of allylic oxidation sites excluding steroid dienone is 13. The number of hydrogen-bond donors (Lipinski definition) is 9. The monoisotopic (exact) mass is 1210 g/mol. The summed E-state index contributed by atoms with van der Waals surface area (Å²) in [5.41, 5.74) is 0. The molecule has 2 saturated heterocycles. The molecule has 86 heavy (non-hydrogen) atoms. The molecule has 9 N–H and O–H groups in total. The Labute approximate surface area is 522 Å². The highest BCUT2D eigenvalue weighted by Crippen LogP contribution is 2.30. The highest BCUT2D eigenvalue weighted by Gasteiger charge is 2.51. The Balaban J connectivity index is 1.63. The molecule has 2 rings (SSSR count). The number of nitrogens with one attached hydrogen (secondary N) is 1. The van der Waals surface area contributed by atoms with Gasteiger partial charge in [-0.05, 0) is 70.6 Å². The number of carbonyl (C=O) groups excluding carboxylic acids is 1. The fourth-order valence-electron chi connectivity index (χ4n) is 11.1. The summed E-state index contributed by atoms with van der Waals surface area (Å²) in [6, 6.07) is -0.918. The van der Waals surface area contributed by atoms with Crippen molar-refractivity contribution >= 4 is 5.91 Å². The minimum Gasteiger partial charge on any atom is -0.394 e. The average molecular weight is 1210 g/mol. The van der Waals surface area contributed by atoms with Crippen molar-refractivity contribution in [2.75, 3.05) is 19.8 Å². The number of aliphatic hydroxyl groups is 8. The lowest BCUT2D eigenvalue weighted by molar-refractivity contribution is -0.359. The Morgan fingerprint density at radius 1 is 0.430 bits per heavy atom. The number of carbonyl (C=O) groups is 1. The van der Waals surface area contributed by atoms with Crippen molar-refractivity contribution in [3.05, 3.63) is 85.1 Å². The lowest BCUT2D eigenvalue weighted by atomic mass is 9.97. The van der Waals surface area contributed by atoms with E-state index >= 15 is 0 Å². The van der Waals surface area contributed by atoms with Crippen LogP contribution < -0.4 is 5.32 Å². The Hall–Kier alpha value is -2.83. The van der Waals surface area contributed by atoms with Crippen LogP contribution in [0.2, 0.25) is 0 Å². The second-order valence-corrected chi connectivity index (χ2v) is 24.3. The van der Waals surface area contributed by atoms with Gasteiger partial charge in [-0.25, -0.2) is 0 Å². The molecular weight excluding hydrogens is 1090 g/mol. The van der Waals surface area contributed by atoms with Gasteiger partial charge in [-0.15, -0.1) is 0 Å². The molecule has 12 atom stereocenters. The van der Waals surface area contributed by atoms with Gasteiger partial charge in [0.15, 0.2) is 12.6 Å². The zero-order chi connectivity index (χ0) is 62.3. The van der Waals surface area contributed by atoms with E-state index in [1.165, 1.54) is 167 Å². The van der Waals surface area contributed by atoms with E-state index in [-0.39, 0.29) is 18.9 Å². The first-order valence-electron chi connectivity index (χ1n) is 34.8.